The van der Waals surface area contributed by atoms with Crippen molar-refractivity contribution in [3.63, 3.8) is 0 Å². The van der Waals surface area contributed by atoms with E-state index in [0.29, 0.717) is 45.6 Å². The molecular weight excluding hydrogens is 310 g/mol. The molecule has 0 aromatic heterocycles. The van der Waals surface area contributed by atoms with Gasteiger partial charge in [-0.1, -0.05) is 30.3 Å². The normalized spacial score (nSPS) is 20.9. The summed E-state index contributed by atoms with van der Waals surface area (Å²) in [5.41, 5.74) is 0.933. The molecule has 1 amide bonds. The molecule has 24 heavy (non-hydrogen) atoms. The van der Waals surface area contributed by atoms with Crippen LogP contribution in [0.4, 0.5) is 0 Å². The zero-order valence-electron chi connectivity index (χ0n) is 13.6. The van der Waals surface area contributed by atoms with E-state index in [1.54, 1.807) is 4.90 Å². The number of nitrogens with zero attached hydrogens (tertiary/aromatic N) is 1. The largest absolute Gasteiger partial charge is 0.481 e. The number of hydrogen-bond acceptors (Lipinski definition) is 4. The molecule has 0 bridgehead atoms. The minimum atomic E-state index is -0.928. The highest BCUT2D eigenvalue weighted by Gasteiger charge is 2.41. The number of amides is 1. The third kappa shape index (κ3) is 3.94. The fourth-order valence-electron chi connectivity index (χ4n) is 3.37. The van der Waals surface area contributed by atoms with E-state index in [9.17, 15) is 14.7 Å². The number of ether oxygens (including phenoxy) is 2. The number of carboxylic acids is 1. The second-order valence-electron chi connectivity index (χ2n) is 6.42. The summed E-state index contributed by atoms with van der Waals surface area (Å²) in [7, 11) is 0. The molecule has 0 aliphatic carbocycles. The molecule has 3 rings (SSSR count). The van der Waals surface area contributed by atoms with Crippen LogP contribution in [-0.2, 0) is 25.5 Å². The Morgan fingerprint density at radius 3 is 2.33 bits per heavy atom. The van der Waals surface area contributed by atoms with Gasteiger partial charge in [-0.3, -0.25) is 9.59 Å². The molecule has 6 heteroatoms. The maximum atomic E-state index is 12.5. The molecule has 6 nitrogen and oxygen atoms in total. The van der Waals surface area contributed by atoms with Gasteiger partial charge in [0.05, 0.1) is 19.1 Å². The van der Waals surface area contributed by atoms with Crippen LogP contribution < -0.4 is 0 Å². The first-order chi connectivity index (χ1) is 11.6. The molecule has 1 atom stereocenters. The van der Waals surface area contributed by atoms with Gasteiger partial charge in [-0.05, 0) is 12.0 Å². The van der Waals surface area contributed by atoms with Crippen LogP contribution in [0.5, 0.6) is 0 Å². The number of aliphatic carboxylic acids is 1. The second-order valence-corrected chi connectivity index (χ2v) is 6.42. The number of benzene rings is 1. The van der Waals surface area contributed by atoms with E-state index >= 15 is 0 Å². The van der Waals surface area contributed by atoms with Crippen LogP contribution in [0.3, 0.4) is 0 Å². The van der Waals surface area contributed by atoms with E-state index in [0.717, 1.165) is 5.56 Å². The van der Waals surface area contributed by atoms with E-state index < -0.39 is 17.7 Å². The fraction of sp³-hybridized carbons (Fsp3) is 0.556. The molecular formula is C18H23NO5. The van der Waals surface area contributed by atoms with Crippen molar-refractivity contribution in [3.8, 4) is 0 Å². The smallest absolute Gasteiger partial charge is 0.307 e. The van der Waals surface area contributed by atoms with E-state index in [2.05, 4.69) is 0 Å². The topological polar surface area (TPSA) is 76.1 Å². The van der Waals surface area contributed by atoms with E-state index in [1.165, 1.54) is 0 Å². The Bertz CT molecular complexity index is 572. The summed E-state index contributed by atoms with van der Waals surface area (Å²) in [6, 6.07) is 9.42. The van der Waals surface area contributed by atoms with Crippen LogP contribution in [-0.4, -0.2) is 54.0 Å². The molecule has 0 saturated carbocycles. The van der Waals surface area contributed by atoms with Gasteiger partial charge in [0.25, 0.3) is 0 Å². The maximum absolute atomic E-state index is 12.5. The molecule has 1 unspecified atom stereocenters. The molecule has 2 aliphatic rings. The lowest BCUT2D eigenvalue weighted by Crippen LogP contribution is -2.47. The standard InChI is InChI=1S/C18H23NO5/c20-16(19-8-6-18(7-9-19)23-10-11-24-18)13-15(17(21)22)12-14-4-2-1-3-5-14/h1-5,15H,6-13H2,(H,21,22). The molecule has 2 saturated heterocycles. The monoisotopic (exact) mass is 333 g/mol. The molecule has 1 spiro atoms. The van der Waals surface area contributed by atoms with Gasteiger partial charge in [-0.15, -0.1) is 0 Å². The van der Waals surface area contributed by atoms with Crippen LogP contribution in [0.25, 0.3) is 0 Å². The minimum Gasteiger partial charge on any atom is -0.481 e. The number of likely N-dealkylation sites (tertiary alicyclic amines) is 1. The summed E-state index contributed by atoms with van der Waals surface area (Å²) in [6.07, 6.45) is 1.69. The van der Waals surface area contributed by atoms with Crippen LogP contribution in [0.15, 0.2) is 30.3 Å². The van der Waals surface area contributed by atoms with Crippen molar-refractivity contribution >= 4 is 11.9 Å². The molecule has 2 aliphatic heterocycles. The minimum absolute atomic E-state index is 0.0267. The Morgan fingerprint density at radius 1 is 1.12 bits per heavy atom. The number of piperidine rings is 1. The Hall–Kier alpha value is -1.92. The van der Waals surface area contributed by atoms with Gasteiger partial charge < -0.3 is 19.5 Å². The molecule has 0 radical (unpaired) electrons. The van der Waals surface area contributed by atoms with Crippen molar-refractivity contribution in [1.82, 2.24) is 4.90 Å². The van der Waals surface area contributed by atoms with Crippen molar-refractivity contribution < 1.29 is 24.2 Å². The highest BCUT2D eigenvalue weighted by molar-refractivity contribution is 5.82. The van der Waals surface area contributed by atoms with Gasteiger partial charge >= 0.3 is 5.97 Å². The SMILES string of the molecule is O=C(O)C(CC(=O)N1CCC2(CC1)OCCO2)Cc1ccccc1. The Balaban J connectivity index is 1.55. The lowest BCUT2D eigenvalue weighted by atomic mass is 9.95. The van der Waals surface area contributed by atoms with Crippen LogP contribution in [0.1, 0.15) is 24.8 Å². The third-order valence-corrected chi connectivity index (χ3v) is 4.79. The van der Waals surface area contributed by atoms with Gasteiger partial charge in [-0.25, -0.2) is 0 Å². The quantitative estimate of drug-likeness (QED) is 0.887. The maximum Gasteiger partial charge on any atom is 0.307 e. The summed E-state index contributed by atoms with van der Waals surface area (Å²) < 4.78 is 11.3. The van der Waals surface area contributed by atoms with Crippen molar-refractivity contribution in [2.24, 2.45) is 5.92 Å². The highest BCUT2D eigenvalue weighted by atomic mass is 16.7. The predicted octanol–water partition coefficient (Wildman–Crippen LogP) is 1.69. The second kappa shape index (κ2) is 7.32. The van der Waals surface area contributed by atoms with Gasteiger partial charge in [-0.2, -0.15) is 0 Å². The van der Waals surface area contributed by atoms with Crippen LogP contribution in [0, 0.1) is 5.92 Å². The number of carboxylic acid groups (broad SMARTS) is 1. The van der Waals surface area contributed by atoms with E-state index in [-0.39, 0.29) is 12.3 Å². The van der Waals surface area contributed by atoms with Crippen LogP contribution in [0.2, 0.25) is 0 Å². The molecule has 2 fully saturated rings. The van der Waals surface area contributed by atoms with E-state index in [1.807, 2.05) is 30.3 Å². The molecule has 1 aromatic carbocycles. The van der Waals surface area contributed by atoms with Crippen molar-refractivity contribution in [2.75, 3.05) is 26.3 Å². The summed E-state index contributed by atoms with van der Waals surface area (Å²) in [4.78, 5) is 25.7. The lowest BCUT2D eigenvalue weighted by molar-refractivity contribution is -0.187. The summed E-state index contributed by atoms with van der Waals surface area (Å²) in [5, 5.41) is 9.44. The van der Waals surface area contributed by atoms with Gasteiger partial charge in [0.15, 0.2) is 5.79 Å². The Kier molecular flexibility index (Phi) is 5.16. The molecule has 2 heterocycles. The zero-order chi connectivity index (χ0) is 17.0. The van der Waals surface area contributed by atoms with Crippen molar-refractivity contribution in [1.29, 1.82) is 0 Å². The first-order valence-corrected chi connectivity index (χ1v) is 8.40. The Morgan fingerprint density at radius 2 is 1.75 bits per heavy atom. The molecule has 1 aromatic rings. The van der Waals surface area contributed by atoms with Crippen molar-refractivity contribution in [3.05, 3.63) is 35.9 Å². The summed E-state index contributed by atoms with van der Waals surface area (Å²) >= 11 is 0. The number of hydrogen-bond donors (Lipinski definition) is 1. The molecule has 1 N–H and O–H groups in total. The number of carbonyl (C=O) groups excluding carboxylic acids is 1. The van der Waals surface area contributed by atoms with Gasteiger partial charge in [0.1, 0.15) is 0 Å². The van der Waals surface area contributed by atoms with E-state index in [4.69, 9.17) is 9.47 Å². The third-order valence-electron chi connectivity index (χ3n) is 4.79. The first kappa shape index (κ1) is 16.9. The first-order valence-electron chi connectivity index (χ1n) is 8.40. The van der Waals surface area contributed by atoms with Gasteiger partial charge in [0, 0.05) is 32.4 Å². The number of rotatable bonds is 5. The average molecular weight is 333 g/mol. The van der Waals surface area contributed by atoms with Gasteiger partial charge in [0.2, 0.25) is 5.91 Å². The summed E-state index contributed by atoms with van der Waals surface area (Å²) in [6.45, 7) is 2.31. The van der Waals surface area contributed by atoms with Crippen molar-refractivity contribution in [2.45, 2.75) is 31.5 Å². The number of carbonyl (C=O) groups is 2. The predicted molar refractivity (Wildman–Crippen MR) is 86.3 cm³/mol. The fourth-order valence-corrected chi connectivity index (χ4v) is 3.37. The zero-order valence-corrected chi connectivity index (χ0v) is 13.6. The average Bonchev–Trinajstić information content (AvgIpc) is 3.03. The van der Waals surface area contributed by atoms with Crippen LogP contribution >= 0.6 is 0 Å². The Labute approximate surface area is 141 Å². The molecule has 130 valence electrons. The lowest BCUT2D eigenvalue weighted by Gasteiger charge is -2.37. The highest BCUT2D eigenvalue weighted by Crippen LogP contribution is 2.31. The summed E-state index contributed by atoms with van der Waals surface area (Å²) in [5.74, 6) is -2.25.